The van der Waals surface area contributed by atoms with E-state index in [1.807, 2.05) is 42.5 Å². The van der Waals surface area contributed by atoms with Crippen molar-refractivity contribution in [2.75, 3.05) is 0 Å². The summed E-state index contributed by atoms with van der Waals surface area (Å²) in [4.78, 5) is 11.0. The molecule has 0 aliphatic heterocycles. The molecule has 1 aliphatic rings. The van der Waals surface area contributed by atoms with Crippen LogP contribution < -0.4 is 0 Å². The van der Waals surface area contributed by atoms with E-state index in [-0.39, 0.29) is 6.04 Å². The first-order valence-corrected chi connectivity index (χ1v) is 5.82. The summed E-state index contributed by atoms with van der Waals surface area (Å²) >= 11 is 3.42. The van der Waals surface area contributed by atoms with Crippen LogP contribution in [0.1, 0.15) is 17.2 Å². The van der Waals surface area contributed by atoms with Crippen LogP contribution >= 0.6 is 15.9 Å². The first-order valence-electron chi connectivity index (χ1n) is 5.02. The Balaban J connectivity index is 2.34. The predicted octanol–water partition coefficient (Wildman–Crippen LogP) is 4.29. The van der Waals surface area contributed by atoms with E-state index in [0.29, 0.717) is 0 Å². The number of rotatable bonds is 1. The topological polar surface area (TPSA) is 29.4 Å². The van der Waals surface area contributed by atoms with Gasteiger partial charge in [-0.15, -0.1) is 4.91 Å². The quantitative estimate of drug-likeness (QED) is 0.713. The molecule has 1 unspecified atom stereocenters. The molecule has 0 radical (unpaired) electrons. The third kappa shape index (κ3) is 1.25. The van der Waals surface area contributed by atoms with Crippen molar-refractivity contribution in [3.63, 3.8) is 0 Å². The van der Waals surface area contributed by atoms with Gasteiger partial charge in [-0.2, -0.15) is 0 Å². The van der Waals surface area contributed by atoms with E-state index in [0.717, 1.165) is 26.7 Å². The summed E-state index contributed by atoms with van der Waals surface area (Å²) < 4.78 is 0.979. The monoisotopic (exact) mass is 273 g/mol. The molecular formula is C13H8BrNO. The summed E-state index contributed by atoms with van der Waals surface area (Å²) in [7, 11) is 0. The summed E-state index contributed by atoms with van der Waals surface area (Å²) in [6.45, 7) is 0. The summed E-state index contributed by atoms with van der Waals surface area (Å²) in [5.41, 5.74) is 4.23. The van der Waals surface area contributed by atoms with Crippen molar-refractivity contribution in [2.24, 2.45) is 5.18 Å². The first-order chi connectivity index (χ1) is 7.81. The maximum Gasteiger partial charge on any atom is 0.143 e. The molecule has 0 saturated carbocycles. The second kappa shape index (κ2) is 3.52. The van der Waals surface area contributed by atoms with Gasteiger partial charge in [0.2, 0.25) is 0 Å². The fraction of sp³-hybridized carbons (Fsp3) is 0.0769. The van der Waals surface area contributed by atoms with Gasteiger partial charge >= 0.3 is 0 Å². The van der Waals surface area contributed by atoms with Crippen molar-refractivity contribution in [1.29, 1.82) is 0 Å². The van der Waals surface area contributed by atoms with E-state index in [1.165, 1.54) is 0 Å². The molecule has 0 heterocycles. The van der Waals surface area contributed by atoms with E-state index in [4.69, 9.17) is 0 Å². The van der Waals surface area contributed by atoms with Crippen LogP contribution in [-0.2, 0) is 0 Å². The van der Waals surface area contributed by atoms with Crippen LogP contribution in [0.5, 0.6) is 0 Å². The largest absolute Gasteiger partial charge is 0.150 e. The zero-order valence-electron chi connectivity index (χ0n) is 8.35. The molecule has 3 rings (SSSR count). The fourth-order valence-corrected chi connectivity index (χ4v) is 2.65. The number of halogens is 1. The predicted molar refractivity (Wildman–Crippen MR) is 67.2 cm³/mol. The van der Waals surface area contributed by atoms with Crippen molar-refractivity contribution in [2.45, 2.75) is 6.04 Å². The van der Waals surface area contributed by atoms with Gasteiger partial charge in [0, 0.05) is 4.47 Å². The minimum Gasteiger partial charge on any atom is -0.150 e. The molecule has 0 bridgehead atoms. The van der Waals surface area contributed by atoms with Crippen LogP contribution in [0.3, 0.4) is 0 Å². The maximum absolute atomic E-state index is 11.0. The molecule has 0 fully saturated rings. The Hall–Kier alpha value is -1.48. The summed E-state index contributed by atoms with van der Waals surface area (Å²) in [6.07, 6.45) is 0. The van der Waals surface area contributed by atoms with Crippen LogP contribution in [0.25, 0.3) is 11.1 Å². The minimum atomic E-state index is -0.358. The number of hydrogen-bond acceptors (Lipinski definition) is 2. The number of nitroso groups, excluding NO2 is 1. The standard InChI is InChI=1S/C13H8BrNO/c14-8-5-6-10-9-3-1-2-4-11(9)13(15-16)12(10)7-8/h1-7,13H. The molecule has 1 atom stereocenters. The number of fused-ring (bicyclic) bond motifs is 3. The van der Waals surface area contributed by atoms with Gasteiger partial charge < -0.3 is 0 Å². The summed E-state index contributed by atoms with van der Waals surface area (Å²) in [5, 5.41) is 3.24. The van der Waals surface area contributed by atoms with Crippen molar-refractivity contribution >= 4 is 15.9 Å². The molecule has 0 aromatic heterocycles. The Morgan fingerprint density at radius 2 is 1.75 bits per heavy atom. The van der Waals surface area contributed by atoms with Crippen molar-refractivity contribution in [3.8, 4) is 11.1 Å². The van der Waals surface area contributed by atoms with E-state index in [9.17, 15) is 4.91 Å². The lowest BCUT2D eigenvalue weighted by Crippen LogP contribution is -1.90. The second-order valence-corrected chi connectivity index (χ2v) is 4.74. The van der Waals surface area contributed by atoms with E-state index in [1.54, 1.807) is 0 Å². The van der Waals surface area contributed by atoms with Gasteiger partial charge in [0.25, 0.3) is 0 Å². The third-order valence-corrected chi connectivity index (χ3v) is 3.45. The van der Waals surface area contributed by atoms with Gasteiger partial charge in [-0.25, -0.2) is 0 Å². The highest BCUT2D eigenvalue weighted by atomic mass is 79.9. The smallest absolute Gasteiger partial charge is 0.143 e. The molecule has 2 aromatic rings. The molecule has 16 heavy (non-hydrogen) atoms. The highest BCUT2D eigenvalue weighted by molar-refractivity contribution is 9.10. The molecule has 0 spiro atoms. The average molecular weight is 274 g/mol. The molecule has 2 nitrogen and oxygen atoms in total. The van der Waals surface area contributed by atoms with Gasteiger partial charge in [0.15, 0.2) is 0 Å². The molecule has 0 saturated heterocycles. The van der Waals surface area contributed by atoms with Crippen molar-refractivity contribution in [3.05, 3.63) is 63.0 Å². The van der Waals surface area contributed by atoms with Gasteiger partial charge in [0.05, 0.1) is 0 Å². The molecule has 0 N–H and O–H groups in total. The van der Waals surface area contributed by atoms with Crippen molar-refractivity contribution in [1.82, 2.24) is 0 Å². The molecule has 78 valence electrons. The van der Waals surface area contributed by atoms with Crippen LogP contribution in [0.4, 0.5) is 0 Å². The lowest BCUT2D eigenvalue weighted by atomic mass is 10.1. The number of hydrogen-bond donors (Lipinski definition) is 0. The van der Waals surface area contributed by atoms with Gasteiger partial charge in [0.1, 0.15) is 6.04 Å². The van der Waals surface area contributed by atoms with Crippen LogP contribution in [0, 0.1) is 4.91 Å². The number of benzene rings is 2. The molecule has 0 amide bonds. The Morgan fingerprint density at radius 3 is 2.56 bits per heavy atom. The first kappa shape index (κ1) is 9.73. The normalized spacial score (nSPS) is 16.7. The summed E-state index contributed by atoms with van der Waals surface area (Å²) in [5.74, 6) is 0. The summed E-state index contributed by atoms with van der Waals surface area (Å²) in [6, 6.07) is 13.6. The van der Waals surface area contributed by atoms with Gasteiger partial charge in [-0.1, -0.05) is 51.4 Å². The van der Waals surface area contributed by atoms with E-state index >= 15 is 0 Å². The SMILES string of the molecule is O=NC1c2ccccc2-c2ccc(Br)cc21. The Bertz CT molecular complexity index is 580. The Labute approximate surface area is 101 Å². The van der Waals surface area contributed by atoms with Crippen LogP contribution in [0.15, 0.2) is 52.1 Å². The molecular weight excluding hydrogens is 266 g/mol. The van der Waals surface area contributed by atoms with Crippen LogP contribution in [0.2, 0.25) is 0 Å². The van der Waals surface area contributed by atoms with Gasteiger partial charge in [-0.3, -0.25) is 0 Å². The lowest BCUT2D eigenvalue weighted by molar-refractivity contribution is 0.891. The second-order valence-electron chi connectivity index (χ2n) is 3.83. The third-order valence-electron chi connectivity index (χ3n) is 2.96. The molecule has 3 heteroatoms. The molecule has 2 aromatic carbocycles. The highest BCUT2D eigenvalue weighted by Crippen LogP contribution is 2.45. The van der Waals surface area contributed by atoms with Crippen LogP contribution in [-0.4, -0.2) is 0 Å². The zero-order chi connectivity index (χ0) is 11.1. The maximum atomic E-state index is 11.0. The molecule has 1 aliphatic carbocycles. The Kier molecular flexibility index (Phi) is 2.14. The number of nitrogens with zero attached hydrogens (tertiary/aromatic N) is 1. The van der Waals surface area contributed by atoms with E-state index in [2.05, 4.69) is 21.1 Å². The highest BCUT2D eigenvalue weighted by Gasteiger charge is 2.29. The fourth-order valence-electron chi connectivity index (χ4n) is 2.27. The minimum absolute atomic E-state index is 0.358. The average Bonchev–Trinajstić information content (AvgIpc) is 2.61. The lowest BCUT2D eigenvalue weighted by Gasteiger charge is -2.03. The van der Waals surface area contributed by atoms with Crippen molar-refractivity contribution < 1.29 is 0 Å². The Morgan fingerprint density at radius 1 is 1.00 bits per heavy atom. The zero-order valence-corrected chi connectivity index (χ0v) is 9.94. The van der Waals surface area contributed by atoms with E-state index < -0.39 is 0 Å². The van der Waals surface area contributed by atoms with Gasteiger partial charge in [-0.05, 0) is 34.4 Å².